The van der Waals surface area contributed by atoms with Gasteiger partial charge < -0.3 is 4.90 Å². The van der Waals surface area contributed by atoms with Crippen molar-refractivity contribution in [2.45, 2.75) is 33.1 Å². The minimum Gasteiger partial charge on any atom is -0.374 e. The van der Waals surface area contributed by atoms with E-state index in [2.05, 4.69) is 24.0 Å². The van der Waals surface area contributed by atoms with E-state index in [-0.39, 0.29) is 5.78 Å². The van der Waals surface area contributed by atoms with Crippen molar-refractivity contribution in [1.82, 2.24) is 0 Å². The summed E-state index contributed by atoms with van der Waals surface area (Å²) in [6.07, 6.45) is 4.24. The number of rotatable bonds is 4. The molecular weight excluding hydrogens is 320 g/mol. The zero-order valence-corrected chi connectivity index (χ0v) is 15.7. The number of carbonyl (C=O) groups is 1. The zero-order chi connectivity index (χ0) is 18.7. The van der Waals surface area contributed by atoms with Crippen LogP contribution in [0, 0.1) is 25.2 Å². The van der Waals surface area contributed by atoms with E-state index in [1.54, 1.807) is 0 Å². The van der Waals surface area contributed by atoms with Crippen LogP contribution in [0.1, 0.15) is 45.5 Å². The molecule has 26 heavy (non-hydrogen) atoms. The third kappa shape index (κ3) is 3.70. The van der Waals surface area contributed by atoms with Gasteiger partial charge in [0.15, 0.2) is 5.78 Å². The van der Waals surface area contributed by atoms with E-state index in [4.69, 9.17) is 5.26 Å². The Morgan fingerprint density at radius 3 is 2.58 bits per heavy atom. The molecule has 3 rings (SSSR count). The van der Waals surface area contributed by atoms with Crippen molar-refractivity contribution in [1.29, 1.82) is 5.26 Å². The maximum absolute atomic E-state index is 12.9. The van der Waals surface area contributed by atoms with Gasteiger partial charge in [-0.15, -0.1) is 0 Å². The smallest absolute Gasteiger partial charge is 0.189 e. The highest BCUT2D eigenvalue weighted by atomic mass is 16.1. The molecule has 3 heteroatoms. The summed E-state index contributed by atoms with van der Waals surface area (Å²) in [6.45, 7) is 4.85. The van der Waals surface area contributed by atoms with Crippen molar-refractivity contribution in [3.8, 4) is 6.07 Å². The molecule has 0 saturated carbocycles. The van der Waals surface area contributed by atoms with Gasteiger partial charge in [-0.05, 0) is 67.7 Å². The van der Waals surface area contributed by atoms with Gasteiger partial charge in [0.2, 0.25) is 0 Å². The molecule has 132 valence electrons. The first kappa shape index (κ1) is 17.9. The third-order valence-electron chi connectivity index (χ3n) is 5.03. The molecule has 0 unspecified atom stereocenters. The Labute approximate surface area is 155 Å². The fourth-order valence-corrected chi connectivity index (χ4v) is 3.59. The molecule has 0 saturated heterocycles. The number of anilines is 1. The van der Waals surface area contributed by atoms with Gasteiger partial charge in [-0.3, -0.25) is 4.79 Å². The molecule has 0 bridgehead atoms. The average molecular weight is 344 g/mol. The molecule has 2 aromatic rings. The maximum Gasteiger partial charge on any atom is 0.189 e. The van der Waals surface area contributed by atoms with Crippen LogP contribution >= 0.6 is 0 Å². The van der Waals surface area contributed by atoms with Crippen LogP contribution in [0.25, 0.3) is 6.08 Å². The lowest BCUT2D eigenvalue weighted by molar-refractivity contribution is 0.102. The molecule has 1 aliphatic carbocycles. The molecule has 0 aromatic heterocycles. The van der Waals surface area contributed by atoms with Gasteiger partial charge in [-0.1, -0.05) is 23.8 Å². The topological polar surface area (TPSA) is 44.1 Å². The van der Waals surface area contributed by atoms with Crippen LogP contribution in [0.15, 0.2) is 42.0 Å². The quantitative estimate of drug-likeness (QED) is 0.744. The third-order valence-corrected chi connectivity index (χ3v) is 5.03. The molecule has 0 atom stereocenters. The van der Waals surface area contributed by atoms with E-state index in [0.29, 0.717) is 13.0 Å². The first-order chi connectivity index (χ1) is 12.5. The standard InChI is InChI=1S/C23H24N2O/c1-16-13-17(2)21-10-7-19(23(26)22(21)14-16)15-18-5-8-20(9-6-18)25(3)12-4-11-24/h5-6,8-9,13-15H,4,7,10,12H2,1-3H3/b19-15+. The molecule has 0 amide bonds. The lowest BCUT2D eigenvalue weighted by Gasteiger charge is -2.20. The van der Waals surface area contributed by atoms with E-state index >= 15 is 0 Å². The number of nitriles is 1. The number of nitrogens with zero attached hydrogens (tertiary/aromatic N) is 2. The normalized spacial score (nSPS) is 14.8. The van der Waals surface area contributed by atoms with Gasteiger partial charge in [-0.25, -0.2) is 0 Å². The van der Waals surface area contributed by atoms with Gasteiger partial charge in [0.05, 0.1) is 12.5 Å². The van der Waals surface area contributed by atoms with Crippen LogP contribution in [0.4, 0.5) is 5.69 Å². The highest BCUT2D eigenvalue weighted by Crippen LogP contribution is 2.30. The highest BCUT2D eigenvalue weighted by molar-refractivity contribution is 6.13. The minimum atomic E-state index is 0.160. The summed E-state index contributed by atoms with van der Waals surface area (Å²) in [5.41, 5.74) is 7.43. The van der Waals surface area contributed by atoms with Crippen LogP contribution in [-0.2, 0) is 6.42 Å². The minimum absolute atomic E-state index is 0.160. The van der Waals surface area contributed by atoms with Gasteiger partial charge in [0.1, 0.15) is 0 Å². The van der Waals surface area contributed by atoms with Crippen molar-refractivity contribution < 1.29 is 4.79 Å². The SMILES string of the molecule is Cc1cc(C)c2c(c1)C(=O)/C(=C/c1ccc(N(C)CCC#N)cc1)CC2. The average Bonchev–Trinajstić information content (AvgIpc) is 2.63. The second-order valence-electron chi connectivity index (χ2n) is 7.03. The lowest BCUT2D eigenvalue weighted by atomic mass is 9.83. The summed E-state index contributed by atoms with van der Waals surface area (Å²) in [5, 5.41) is 8.70. The molecule has 2 aromatic carbocycles. The monoisotopic (exact) mass is 344 g/mol. The summed E-state index contributed by atoms with van der Waals surface area (Å²) in [4.78, 5) is 15.0. The second-order valence-corrected chi connectivity index (χ2v) is 7.03. The number of hydrogen-bond acceptors (Lipinski definition) is 3. The number of fused-ring (bicyclic) bond motifs is 1. The van der Waals surface area contributed by atoms with E-state index in [1.165, 1.54) is 11.1 Å². The Morgan fingerprint density at radius 1 is 1.15 bits per heavy atom. The van der Waals surface area contributed by atoms with E-state index in [0.717, 1.165) is 40.8 Å². The van der Waals surface area contributed by atoms with Gasteiger partial charge >= 0.3 is 0 Å². The van der Waals surface area contributed by atoms with Crippen molar-refractivity contribution in [3.05, 3.63) is 69.8 Å². The molecule has 0 spiro atoms. The van der Waals surface area contributed by atoms with Crippen molar-refractivity contribution in [3.63, 3.8) is 0 Å². The first-order valence-corrected chi connectivity index (χ1v) is 9.03. The molecule has 3 nitrogen and oxygen atoms in total. The van der Waals surface area contributed by atoms with E-state index in [9.17, 15) is 4.79 Å². The number of carbonyl (C=O) groups excluding carboxylic acids is 1. The van der Waals surface area contributed by atoms with Crippen molar-refractivity contribution in [2.75, 3.05) is 18.5 Å². The van der Waals surface area contributed by atoms with Gasteiger partial charge in [-0.2, -0.15) is 5.26 Å². The number of benzene rings is 2. The predicted octanol–water partition coefficient (Wildman–Crippen LogP) is 4.87. The van der Waals surface area contributed by atoms with Crippen molar-refractivity contribution >= 4 is 17.5 Å². The van der Waals surface area contributed by atoms with E-state index < -0.39 is 0 Å². The Bertz CT molecular complexity index is 901. The molecule has 0 fully saturated rings. The fraction of sp³-hybridized carbons (Fsp3) is 0.304. The fourth-order valence-electron chi connectivity index (χ4n) is 3.59. The summed E-state index contributed by atoms with van der Waals surface area (Å²) < 4.78 is 0. The number of Topliss-reactive ketones (excluding diaryl/α,β-unsaturated/α-hetero) is 1. The lowest BCUT2D eigenvalue weighted by Crippen LogP contribution is -2.17. The van der Waals surface area contributed by atoms with Crippen LogP contribution < -0.4 is 4.90 Å². The largest absolute Gasteiger partial charge is 0.374 e. The Hall–Kier alpha value is -2.86. The molecule has 1 aliphatic rings. The predicted molar refractivity (Wildman–Crippen MR) is 106 cm³/mol. The molecule has 0 N–H and O–H groups in total. The summed E-state index contributed by atoms with van der Waals surface area (Å²) in [6, 6.07) is 14.5. The van der Waals surface area contributed by atoms with E-state index in [1.807, 2.05) is 50.4 Å². The Kier molecular flexibility index (Phi) is 5.23. The van der Waals surface area contributed by atoms with Gasteiger partial charge in [0, 0.05) is 30.4 Å². The summed E-state index contributed by atoms with van der Waals surface area (Å²) >= 11 is 0. The number of allylic oxidation sites excluding steroid dienone is 1. The second kappa shape index (κ2) is 7.58. The van der Waals surface area contributed by atoms with Crippen LogP contribution in [0.3, 0.4) is 0 Å². The molecule has 0 radical (unpaired) electrons. The number of hydrogen-bond donors (Lipinski definition) is 0. The van der Waals surface area contributed by atoms with Crippen LogP contribution in [0.2, 0.25) is 0 Å². The van der Waals surface area contributed by atoms with Crippen molar-refractivity contribution in [2.24, 2.45) is 0 Å². The first-order valence-electron chi connectivity index (χ1n) is 9.03. The molecular formula is C23H24N2O. The van der Waals surface area contributed by atoms with Crippen LogP contribution in [-0.4, -0.2) is 19.4 Å². The summed E-state index contributed by atoms with van der Waals surface area (Å²) in [7, 11) is 1.98. The highest BCUT2D eigenvalue weighted by Gasteiger charge is 2.23. The summed E-state index contributed by atoms with van der Waals surface area (Å²) in [5.74, 6) is 0.160. The van der Waals surface area contributed by atoms with Gasteiger partial charge in [0.25, 0.3) is 0 Å². The maximum atomic E-state index is 12.9. The van der Waals surface area contributed by atoms with Crippen LogP contribution in [0.5, 0.6) is 0 Å². The zero-order valence-electron chi connectivity index (χ0n) is 15.7. The number of aryl methyl sites for hydroxylation is 2. The molecule has 0 heterocycles. The Balaban J connectivity index is 1.82. The Morgan fingerprint density at radius 2 is 1.88 bits per heavy atom. The number of ketones is 1. The molecule has 0 aliphatic heterocycles.